The smallest absolute Gasteiger partial charge is 0.247 e. The molecule has 0 saturated heterocycles. The van der Waals surface area contributed by atoms with Gasteiger partial charge in [-0.15, -0.1) is 0 Å². The first kappa shape index (κ1) is 13.4. The van der Waals surface area contributed by atoms with Crippen molar-refractivity contribution in [1.82, 2.24) is 4.98 Å². The molecule has 0 saturated carbocycles. The summed E-state index contributed by atoms with van der Waals surface area (Å²) in [6.07, 6.45) is 4.10. The molecule has 1 unspecified atom stereocenters. The lowest BCUT2D eigenvalue weighted by Gasteiger charge is -2.18. The van der Waals surface area contributed by atoms with E-state index >= 15 is 0 Å². The van der Waals surface area contributed by atoms with Crippen LogP contribution in [0.1, 0.15) is 5.56 Å². The second kappa shape index (κ2) is 5.44. The second-order valence-corrected chi connectivity index (χ2v) is 5.33. The lowest BCUT2D eigenvalue weighted by Crippen LogP contribution is -2.33. The van der Waals surface area contributed by atoms with Crippen LogP contribution in [0.5, 0.6) is 0 Å². The topological polar surface area (TPSA) is 57.3 Å². The summed E-state index contributed by atoms with van der Waals surface area (Å²) in [5.41, 5.74) is 3.88. The van der Waals surface area contributed by atoms with Crippen molar-refractivity contribution in [1.29, 1.82) is 0 Å². The molecule has 0 aliphatic carbocycles. The van der Waals surface area contributed by atoms with E-state index in [1.165, 1.54) is 5.56 Å². The van der Waals surface area contributed by atoms with Crippen LogP contribution in [0.15, 0.2) is 42.7 Å². The molecule has 2 heterocycles. The first-order valence-corrected chi connectivity index (χ1v) is 6.92. The first-order valence-electron chi connectivity index (χ1n) is 6.92. The third-order valence-corrected chi connectivity index (χ3v) is 3.63. The molecule has 5 heteroatoms. The van der Waals surface area contributed by atoms with E-state index in [1.807, 2.05) is 49.3 Å². The zero-order chi connectivity index (χ0) is 14.8. The highest BCUT2D eigenvalue weighted by molar-refractivity contribution is 6.00. The first-order chi connectivity index (χ1) is 10.1. The summed E-state index contributed by atoms with van der Waals surface area (Å²) in [4.78, 5) is 18.5. The Bertz CT molecular complexity index is 644. The van der Waals surface area contributed by atoms with Crippen LogP contribution in [-0.4, -0.2) is 31.0 Å². The third-order valence-electron chi connectivity index (χ3n) is 3.63. The minimum atomic E-state index is -0.238. The van der Waals surface area contributed by atoms with Gasteiger partial charge in [-0.2, -0.15) is 0 Å². The summed E-state index contributed by atoms with van der Waals surface area (Å²) in [7, 11) is 3.88. The average molecular weight is 282 g/mol. The molecule has 1 aromatic carbocycles. The number of carbonyl (C=O) groups excluding carboxylic acids is 1. The van der Waals surface area contributed by atoms with Crippen LogP contribution >= 0.6 is 0 Å². The summed E-state index contributed by atoms with van der Waals surface area (Å²) >= 11 is 0. The van der Waals surface area contributed by atoms with Crippen molar-refractivity contribution < 1.29 is 4.79 Å². The van der Waals surface area contributed by atoms with Crippen molar-refractivity contribution in [3.05, 3.63) is 48.3 Å². The van der Waals surface area contributed by atoms with Gasteiger partial charge in [0.25, 0.3) is 0 Å². The fourth-order valence-electron chi connectivity index (χ4n) is 2.55. The zero-order valence-electron chi connectivity index (χ0n) is 12.1. The largest absolute Gasteiger partial charge is 0.376 e. The van der Waals surface area contributed by atoms with Crippen molar-refractivity contribution >= 4 is 23.0 Å². The SMILES string of the molecule is CN(C)c1ccncc1NC(=O)C1Cc2ccccc2N1. The highest BCUT2D eigenvalue weighted by atomic mass is 16.2. The van der Waals surface area contributed by atoms with Gasteiger partial charge in [0.2, 0.25) is 5.91 Å². The van der Waals surface area contributed by atoms with Crippen LogP contribution in [-0.2, 0) is 11.2 Å². The molecule has 21 heavy (non-hydrogen) atoms. The van der Waals surface area contributed by atoms with Crippen molar-refractivity contribution in [2.75, 3.05) is 29.6 Å². The number of aromatic nitrogens is 1. The van der Waals surface area contributed by atoms with E-state index in [0.717, 1.165) is 17.1 Å². The van der Waals surface area contributed by atoms with Crippen molar-refractivity contribution in [3.8, 4) is 0 Å². The molecule has 5 nitrogen and oxygen atoms in total. The summed E-state index contributed by atoms with van der Waals surface area (Å²) in [6.45, 7) is 0. The van der Waals surface area contributed by atoms with Gasteiger partial charge in [-0.25, -0.2) is 0 Å². The molecule has 1 atom stereocenters. The van der Waals surface area contributed by atoms with Crippen LogP contribution in [0.4, 0.5) is 17.1 Å². The number of anilines is 3. The van der Waals surface area contributed by atoms with Gasteiger partial charge >= 0.3 is 0 Å². The Balaban J connectivity index is 1.74. The second-order valence-electron chi connectivity index (χ2n) is 5.33. The Kier molecular flexibility index (Phi) is 3.48. The molecule has 0 radical (unpaired) electrons. The van der Waals surface area contributed by atoms with E-state index in [1.54, 1.807) is 12.4 Å². The Morgan fingerprint density at radius 2 is 2.14 bits per heavy atom. The van der Waals surface area contributed by atoms with E-state index in [-0.39, 0.29) is 11.9 Å². The van der Waals surface area contributed by atoms with Crippen LogP contribution < -0.4 is 15.5 Å². The monoisotopic (exact) mass is 282 g/mol. The van der Waals surface area contributed by atoms with Crippen LogP contribution in [0.25, 0.3) is 0 Å². The fourth-order valence-corrected chi connectivity index (χ4v) is 2.55. The molecule has 2 aromatic rings. The molecule has 1 aliphatic rings. The number of benzene rings is 1. The summed E-state index contributed by atoms with van der Waals surface area (Å²) < 4.78 is 0. The molecule has 3 rings (SSSR count). The minimum Gasteiger partial charge on any atom is -0.376 e. The Labute approximate surface area is 124 Å². The maximum absolute atomic E-state index is 12.4. The van der Waals surface area contributed by atoms with Gasteiger partial charge < -0.3 is 15.5 Å². The van der Waals surface area contributed by atoms with Gasteiger partial charge in [-0.3, -0.25) is 9.78 Å². The lowest BCUT2D eigenvalue weighted by molar-refractivity contribution is -0.116. The number of nitrogens with zero attached hydrogens (tertiary/aromatic N) is 2. The summed E-state index contributed by atoms with van der Waals surface area (Å²) in [5.74, 6) is -0.0395. The molecule has 1 amide bonds. The van der Waals surface area contributed by atoms with E-state index in [0.29, 0.717) is 6.42 Å². The van der Waals surface area contributed by atoms with E-state index in [2.05, 4.69) is 15.6 Å². The number of para-hydroxylation sites is 1. The molecular formula is C16H18N4O. The Hall–Kier alpha value is -2.56. The molecule has 2 N–H and O–H groups in total. The van der Waals surface area contributed by atoms with Gasteiger partial charge in [0.1, 0.15) is 6.04 Å². The van der Waals surface area contributed by atoms with Crippen molar-refractivity contribution in [2.45, 2.75) is 12.5 Å². The predicted octanol–water partition coefficient (Wildman–Crippen LogP) is 2.12. The third kappa shape index (κ3) is 2.67. The van der Waals surface area contributed by atoms with Gasteiger partial charge in [-0.1, -0.05) is 18.2 Å². The lowest BCUT2D eigenvalue weighted by atomic mass is 10.1. The normalized spacial score (nSPS) is 16.0. The van der Waals surface area contributed by atoms with Gasteiger partial charge in [0.15, 0.2) is 0 Å². The summed E-state index contributed by atoms with van der Waals surface area (Å²) in [6, 6.07) is 9.65. The zero-order valence-corrected chi connectivity index (χ0v) is 12.1. The van der Waals surface area contributed by atoms with Crippen LogP contribution in [0.3, 0.4) is 0 Å². The summed E-state index contributed by atoms with van der Waals surface area (Å²) in [5, 5.41) is 6.22. The average Bonchev–Trinajstić information content (AvgIpc) is 2.91. The van der Waals surface area contributed by atoms with Gasteiger partial charge in [0.05, 0.1) is 17.6 Å². The standard InChI is InChI=1S/C16H18N4O/c1-20(2)15-7-8-17-10-14(15)19-16(21)13-9-11-5-3-4-6-12(11)18-13/h3-8,10,13,18H,9H2,1-2H3,(H,19,21). The van der Waals surface area contributed by atoms with E-state index < -0.39 is 0 Å². The highest BCUT2D eigenvalue weighted by Crippen LogP contribution is 2.27. The molecular weight excluding hydrogens is 264 g/mol. The quantitative estimate of drug-likeness (QED) is 0.905. The molecule has 1 aliphatic heterocycles. The number of carbonyl (C=O) groups is 1. The maximum atomic E-state index is 12.4. The predicted molar refractivity (Wildman–Crippen MR) is 84.8 cm³/mol. The molecule has 0 bridgehead atoms. The van der Waals surface area contributed by atoms with E-state index in [4.69, 9.17) is 0 Å². The maximum Gasteiger partial charge on any atom is 0.247 e. The van der Waals surface area contributed by atoms with Crippen LogP contribution in [0.2, 0.25) is 0 Å². The number of pyridine rings is 1. The number of nitrogens with one attached hydrogen (secondary N) is 2. The van der Waals surface area contributed by atoms with E-state index in [9.17, 15) is 4.79 Å². The van der Waals surface area contributed by atoms with Crippen molar-refractivity contribution in [2.24, 2.45) is 0 Å². The van der Waals surface area contributed by atoms with Gasteiger partial charge in [-0.05, 0) is 17.7 Å². The molecule has 1 aromatic heterocycles. The minimum absolute atomic E-state index is 0.0395. The molecule has 0 spiro atoms. The number of hydrogen-bond donors (Lipinski definition) is 2. The highest BCUT2D eigenvalue weighted by Gasteiger charge is 2.26. The Morgan fingerprint density at radius 1 is 1.33 bits per heavy atom. The number of amides is 1. The number of hydrogen-bond acceptors (Lipinski definition) is 4. The fraction of sp³-hybridized carbons (Fsp3) is 0.250. The number of fused-ring (bicyclic) bond motifs is 1. The van der Waals surface area contributed by atoms with Crippen LogP contribution in [0, 0.1) is 0 Å². The Morgan fingerprint density at radius 3 is 2.90 bits per heavy atom. The number of rotatable bonds is 3. The molecule has 0 fully saturated rings. The van der Waals surface area contributed by atoms with Crippen molar-refractivity contribution in [3.63, 3.8) is 0 Å². The molecule has 108 valence electrons. The van der Waals surface area contributed by atoms with Gasteiger partial charge in [0, 0.05) is 32.4 Å².